The predicted octanol–water partition coefficient (Wildman–Crippen LogP) is 0.689. The highest BCUT2D eigenvalue weighted by atomic mass is 16.5. The average molecular weight is 249 g/mol. The van der Waals surface area contributed by atoms with Crippen molar-refractivity contribution in [3.63, 3.8) is 0 Å². The third kappa shape index (κ3) is 5.30. The number of nitrogens with one attached hydrogen (secondary N) is 2. The number of amides is 2. The van der Waals surface area contributed by atoms with E-state index in [-0.39, 0.29) is 19.2 Å². The summed E-state index contributed by atoms with van der Waals surface area (Å²) < 4.78 is 4.98. The Hall–Kier alpha value is -2.10. The zero-order valence-electron chi connectivity index (χ0n) is 9.85. The van der Waals surface area contributed by atoms with Crippen molar-refractivity contribution in [1.82, 2.24) is 5.32 Å². The Kier molecular flexibility index (Phi) is 6.25. The number of ether oxygens (including phenoxy) is 1. The van der Waals surface area contributed by atoms with Gasteiger partial charge in [-0.15, -0.1) is 0 Å². The minimum Gasteiger partial charge on any atom is -0.394 e. The van der Waals surface area contributed by atoms with E-state index in [1.54, 1.807) is 24.3 Å². The monoisotopic (exact) mass is 249 g/mol. The molecule has 0 aromatic heterocycles. The van der Waals surface area contributed by atoms with Crippen LogP contribution in [0.3, 0.4) is 0 Å². The van der Waals surface area contributed by atoms with Crippen LogP contribution in [0.25, 0.3) is 0 Å². The Labute approximate surface area is 105 Å². The molecule has 3 N–H and O–H groups in total. The molecule has 6 heteroatoms. The second-order valence-corrected chi connectivity index (χ2v) is 3.41. The first kappa shape index (κ1) is 14.0. The standard InChI is InChI=1S/C12H15N3O3/c13-9-10-2-1-3-11(8-10)15-12(17)14-4-6-18-7-5-16/h1-3,8,16H,4-7H2,(H2,14,15,17). The molecule has 0 fully saturated rings. The molecule has 96 valence electrons. The summed E-state index contributed by atoms with van der Waals surface area (Å²) in [5.74, 6) is 0. The molecule has 0 saturated heterocycles. The van der Waals surface area contributed by atoms with E-state index in [4.69, 9.17) is 15.1 Å². The van der Waals surface area contributed by atoms with Crippen LogP contribution in [0.5, 0.6) is 0 Å². The number of nitrogens with zero attached hydrogens (tertiary/aromatic N) is 1. The van der Waals surface area contributed by atoms with Gasteiger partial charge in [-0.1, -0.05) is 6.07 Å². The fourth-order valence-electron chi connectivity index (χ4n) is 1.25. The average Bonchev–Trinajstić information content (AvgIpc) is 2.38. The predicted molar refractivity (Wildman–Crippen MR) is 66.1 cm³/mol. The maximum Gasteiger partial charge on any atom is 0.319 e. The van der Waals surface area contributed by atoms with Crippen LogP contribution in [0, 0.1) is 11.3 Å². The molecule has 18 heavy (non-hydrogen) atoms. The van der Waals surface area contributed by atoms with Gasteiger partial charge < -0.3 is 20.5 Å². The topological polar surface area (TPSA) is 94.4 Å². The summed E-state index contributed by atoms with van der Waals surface area (Å²) in [7, 11) is 0. The summed E-state index contributed by atoms with van der Waals surface area (Å²) in [6.07, 6.45) is 0. The third-order valence-corrected chi connectivity index (χ3v) is 2.02. The van der Waals surface area contributed by atoms with Gasteiger partial charge in [-0.2, -0.15) is 5.26 Å². The van der Waals surface area contributed by atoms with Crippen LogP contribution >= 0.6 is 0 Å². The van der Waals surface area contributed by atoms with E-state index in [0.29, 0.717) is 24.4 Å². The second kappa shape index (κ2) is 8.06. The van der Waals surface area contributed by atoms with Crippen LogP contribution in [-0.4, -0.2) is 37.5 Å². The Bertz CT molecular complexity index is 429. The first-order valence-electron chi connectivity index (χ1n) is 5.50. The summed E-state index contributed by atoms with van der Waals surface area (Å²) in [4.78, 5) is 11.4. The highest BCUT2D eigenvalue weighted by Gasteiger charge is 2.01. The summed E-state index contributed by atoms with van der Waals surface area (Å²) in [5.41, 5.74) is 1.04. The van der Waals surface area contributed by atoms with Gasteiger partial charge in [0.25, 0.3) is 0 Å². The molecule has 0 spiro atoms. The summed E-state index contributed by atoms with van der Waals surface area (Å²) >= 11 is 0. The zero-order valence-corrected chi connectivity index (χ0v) is 9.85. The number of urea groups is 1. The van der Waals surface area contributed by atoms with Crippen LogP contribution in [0.2, 0.25) is 0 Å². The second-order valence-electron chi connectivity index (χ2n) is 3.41. The number of hydrogen-bond acceptors (Lipinski definition) is 4. The molecular weight excluding hydrogens is 234 g/mol. The van der Waals surface area contributed by atoms with Crippen molar-refractivity contribution in [2.45, 2.75) is 0 Å². The van der Waals surface area contributed by atoms with Crippen molar-refractivity contribution in [3.05, 3.63) is 29.8 Å². The van der Waals surface area contributed by atoms with E-state index >= 15 is 0 Å². The number of anilines is 1. The van der Waals surface area contributed by atoms with E-state index in [1.165, 1.54) is 0 Å². The van der Waals surface area contributed by atoms with Gasteiger partial charge >= 0.3 is 6.03 Å². The highest BCUT2D eigenvalue weighted by molar-refractivity contribution is 5.89. The molecule has 0 atom stereocenters. The molecule has 0 aliphatic carbocycles. The van der Waals surface area contributed by atoms with Crippen LogP contribution < -0.4 is 10.6 Å². The van der Waals surface area contributed by atoms with E-state index in [2.05, 4.69) is 10.6 Å². The molecule has 0 aliphatic heterocycles. The summed E-state index contributed by atoms with van der Waals surface area (Å²) in [5, 5.41) is 22.4. The molecule has 2 amide bonds. The number of rotatable bonds is 6. The van der Waals surface area contributed by atoms with Crippen molar-refractivity contribution >= 4 is 11.7 Å². The first-order valence-corrected chi connectivity index (χ1v) is 5.50. The smallest absolute Gasteiger partial charge is 0.319 e. The maximum absolute atomic E-state index is 11.4. The number of aliphatic hydroxyl groups excluding tert-OH is 1. The molecule has 0 saturated carbocycles. The number of carbonyl (C=O) groups excluding carboxylic acids is 1. The van der Waals surface area contributed by atoms with Gasteiger partial charge in [0.05, 0.1) is 31.5 Å². The van der Waals surface area contributed by atoms with E-state index in [9.17, 15) is 4.79 Å². The highest BCUT2D eigenvalue weighted by Crippen LogP contribution is 2.09. The lowest BCUT2D eigenvalue weighted by molar-refractivity contribution is 0.0950. The summed E-state index contributed by atoms with van der Waals surface area (Å²) in [6, 6.07) is 8.26. The molecule has 1 rings (SSSR count). The van der Waals surface area contributed by atoms with Gasteiger partial charge in [-0.05, 0) is 18.2 Å². The van der Waals surface area contributed by atoms with Gasteiger partial charge in [0.1, 0.15) is 0 Å². The normalized spacial score (nSPS) is 9.56. The maximum atomic E-state index is 11.4. The minimum atomic E-state index is -0.363. The molecule has 6 nitrogen and oxygen atoms in total. The Morgan fingerprint density at radius 3 is 3.00 bits per heavy atom. The van der Waals surface area contributed by atoms with Crippen molar-refractivity contribution in [2.24, 2.45) is 0 Å². The van der Waals surface area contributed by atoms with Crippen LogP contribution in [0.15, 0.2) is 24.3 Å². The van der Waals surface area contributed by atoms with Crippen molar-refractivity contribution in [3.8, 4) is 6.07 Å². The van der Waals surface area contributed by atoms with E-state index in [0.717, 1.165) is 0 Å². The molecule has 0 radical (unpaired) electrons. The van der Waals surface area contributed by atoms with Gasteiger partial charge in [0.15, 0.2) is 0 Å². The van der Waals surface area contributed by atoms with Gasteiger partial charge in [-0.3, -0.25) is 0 Å². The van der Waals surface area contributed by atoms with Crippen LogP contribution in [-0.2, 0) is 4.74 Å². The van der Waals surface area contributed by atoms with E-state index < -0.39 is 0 Å². The Morgan fingerprint density at radius 1 is 1.44 bits per heavy atom. The lowest BCUT2D eigenvalue weighted by atomic mass is 10.2. The number of hydrogen-bond donors (Lipinski definition) is 3. The number of benzene rings is 1. The minimum absolute atomic E-state index is 0.0346. The number of nitriles is 1. The Balaban J connectivity index is 2.29. The van der Waals surface area contributed by atoms with Gasteiger partial charge in [-0.25, -0.2) is 4.79 Å². The lowest BCUT2D eigenvalue weighted by Crippen LogP contribution is -2.31. The largest absolute Gasteiger partial charge is 0.394 e. The van der Waals surface area contributed by atoms with Crippen LogP contribution in [0.4, 0.5) is 10.5 Å². The quantitative estimate of drug-likeness (QED) is 0.646. The van der Waals surface area contributed by atoms with Gasteiger partial charge in [0, 0.05) is 12.2 Å². The molecule has 0 heterocycles. The van der Waals surface area contributed by atoms with E-state index in [1.807, 2.05) is 6.07 Å². The molecule has 0 bridgehead atoms. The number of carbonyl (C=O) groups is 1. The molecule has 1 aromatic rings. The fourth-order valence-corrected chi connectivity index (χ4v) is 1.25. The Morgan fingerprint density at radius 2 is 2.28 bits per heavy atom. The first-order chi connectivity index (χ1) is 8.76. The molecule has 1 aromatic carbocycles. The zero-order chi connectivity index (χ0) is 13.2. The van der Waals surface area contributed by atoms with Crippen molar-refractivity contribution < 1.29 is 14.6 Å². The number of aliphatic hydroxyl groups is 1. The molecule has 0 aliphatic rings. The van der Waals surface area contributed by atoms with Crippen molar-refractivity contribution in [2.75, 3.05) is 31.7 Å². The van der Waals surface area contributed by atoms with Crippen LogP contribution in [0.1, 0.15) is 5.56 Å². The fraction of sp³-hybridized carbons (Fsp3) is 0.333. The SMILES string of the molecule is N#Cc1cccc(NC(=O)NCCOCCO)c1. The third-order valence-electron chi connectivity index (χ3n) is 2.02. The van der Waals surface area contributed by atoms with Gasteiger partial charge in [0.2, 0.25) is 0 Å². The van der Waals surface area contributed by atoms with Crippen molar-refractivity contribution in [1.29, 1.82) is 5.26 Å². The molecular formula is C12H15N3O3. The molecule has 0 unspecified atom stereocenters. The summed E-state index contributed by atoms with van der Waals surface area (Å²) in [6.45, 7) is 0.913. The lowest BCUT2D eigenvalue weighted by Gasteiger charge is -2.07.